The molecule has 1 amide bonds. The fourth-order valence-electron chi connectivity index (χ4n) is 4.58. The van der Waals surface area contributed by atoms with Crippen LogP contribution in [0.5, 0.6) is 0 Å². The largest absolute Gasteiger partial charge is 0.484 e. The van der Waals surface area contributed by atoms with Gasteiger partial charge >= 0.3 is 0 Å². The number of hydrogen-bond donors (Lipinski definition) is 2. The Balaban J connectivity index is 1.41. The monoisotopic (exact) mass is 390 g/mol. The number of nitrogens with zero attached hydrogens (tertiary/aromatic N) is 1. The van der Waals surface area contributed by atoms with Gasteiger partial charge in [0.1, 0.15) is 11.9 Å². The molecule has 0 aromatic heterocycles. The summed E-state index contributed by atoms with van der Waals surface area (Å²) in [5.74, 6) is 0.587. The summed E-state index contributed by atoms with van der Waals surface area (Å²) >= 11 is 0. The van der Waals surface area contributed by atoms with Gasteiger partial charge in [-0.25, -0.2) is 0 Å². The van der Waals surface area contributed by atoms with E-state index in [0.717, 1.165) is 61.3 Å². The van der Waals surface area contributed by atoms with Gasteiger partial charge in [-0.3, -0.25) is 4.79 Å². The number of hydrogen-bond acceptors (Lipinski definition) is 4. The lowest BCUT2D eigenvalue weighted by molar-refractivity contribution is -0.110. The van der Waals surface area contributed by atoms with Crippen molar-refractivity contribution < 1.29 is 14.6 Å². The first kappa shape index (κ1) is 18.4. The molecule has 0 saturated carbocycles. The number of benzene rings is 2. The van der Waals surface area contributed by atoms with E-state index in [1.54, 1.807) is 0 Å². The number of amides is 1. The maximum Gasteiger partial charge on any atom is 0.260 e. The number of rotatable bonds is 3. The zero-order chi connectivity index (χ0) is 20.0. The molecule has 2 aromatic carbocycles. The molecular formula is C24H26N2O3. The summed E-state index contributed by atoms with van der Waals surface area (Å²) in [5.41, 5.74) is 5.83. The summed E-state index contributed by atoms with van der Waals surface area (Å²) in [6.45, 7) is 4.98. The van der Waals surface area contributed by atoms with Gasteiger partial charge in [-0.05, 0) is 37.8 Å². The predicted octanol–water partition coefficient (Wildman–Crippen LogP) is 3.60. The highest BCUT2D eigenvalue weighted by molar-refractivity contribution is 6.36. The first-order valence-corrected chi connectivity index (χ1v) is 10.5. The van der Waals surface area contributed by atoms with Crippen molar-refractivity contribution in [1.82, 2.24) is 4.90 Å². The second kappa shape index (κ2) is 7.32. The predicted molar refractivity (Wildman–Crippen MR) is 113 cm³/mol. The van der Waals surface area contributed by atoms with Crippen molar-refractivity contribution in [3.8, 4) is 0 Å². The molecule has 0 spiro atoms. The van der Waals surface area contributed by atoms with Crippen molar-refractivity contribution in [3.63, 3.8) is 0 Å². The highest BCUT2D eigenvalue weighted by Crippen LogP contribution is 2.45. The summed E-state index contributed by atoms with van der Waals surface area (Å²) < 4.78 is 6.18. The van der Waals surface area contributed by atoms with E-state index in [1.807, 2.05) is 31.2 Å². The lowest BCUT2D eigenvalue weighted by Gasteiger charge is -2.29. The van der Waals surface area contributed by atoms with Crippen LogP contribution >= 0.6 is 0 Å². The van der Waals surface area contributed by atoms with E-state index in [1.165, 1.54) is 5.56 Å². The Hall–Kier alpha value is -2.63. The molecule has 0 radical (unpaired) electrons. The third-order valence-electron chi connectivity index (χ3n) is 6.27. The highest BCUT2D eigenvalue weighted by Gasteiger charge is 2.34. The number of carbonyl (C=O) groups excluding carboxylic acids is 1. The van der Waals surface area contributed by atoms with Crippen molar-refractivity contribution in [2.24, 2.45) is 0 Å². The molecule has 1 atom stereocenters. The quantitative estimate of drug-likeness (QED) is 0.786. The van der Waals surface area contributed by atoms with Gasteiger partial charge in [0, 0.05) is 42.0 Å². The summed E-state index contributed by atoms with van der Waals surface area (Å²) in [6, 6.07) is 14.2. The number of anilines is 1. The second-order valence-electron chi connectivity index (χ2n) is 8.21. The van der Waals surface area contributed by atoms with Crippen molar-refractivity contribution >= 4 is 22.9 Å². The molecule has 5 rings (SSSR count). The third-order valence-corrected chi connectivity index (χ3v) is 6.27. The Kier molecular flexibility index (Phi) is 4.64. The number of para-hydroxylation sites is 1. The molecule has 1 fully saturated rings. The molecule has 5 heteroatoms. The molecule has 0 bridgehead atoms. The molecule has 150 valence electrons. The molecular weight excluding hydrogens is 364 g/mol. The molecule has 3 heterocycles. The molecule has 29 heavy (non-hydrogen) atoms. The van der Waals surface area contributed by atoms with E-state index in [2.05, 4.69) is 28.4 Å². The van der Waals surface area contributed by atoms with Crippen molar-refractivity contribution in [3.05, 3.63) is 64.7 Å². The van der Waals surface area contributed by atoms with Gasteiger partial charge in [0.05, 0.1) is 11.7 Å². The zero-order valence-electron chi connectivity index (χ0n) is 16.6. The maximum absolute atomic E-state index is 12.6. The molecule has 0 aliphatic carbocycles. The molecule has 5 nitrogen and oxygen atoms in total. The smallest absolute Gasteiger partial charge is 0.260 e. The van der Waals surface area contributed by atoms with Crippen LogP contribution in [0.15, 0.2) is 42.5 Å². The molecule has 2 aromatic rings. The fraction of sp³-hybridized carbons (Fsp3) is 0.375. The normalized spacial score (nSPS) is 24.2. The van der Waals surface area contributed by atoms with Gasteiger partial charge in [-0.1, -0.05) is 36.4 Å². The first-order chi connectivity index (χ1) is 14.1. The number of likely N-dealkylation sites (tertiary alicyclic amines) is 1. The van der Waals surface area contributed by atoms with E-state index >= 15 is 0 Å². The highest BCUT2D eigenvalue weighted by atomic mass is 16.5. The number of ether oxygens (including phenoxy) is 1. The number of aliphatic hydroxyl groups excluding tert-OH is 1. The lowest BCUT2D eigenvalue weighted by atomic mass is 9.96. The lowest BCUT2D eigenvalue weighted by Crippen LogP contribution is -2.37. The Bertz CT molecular complexity index is 989. The van der Waals surface area contributed by atoms with E-state index in [4.69, 9.17) is 4.74 Å². The average Bonchev–Trinajstić information content (AvgIpc) is 3.23. The number of nitrogens with one attached hydrogen (secondary N) is 1. The van der Waals surface area contributed by atoms with Crippen LogP contribution in [0, 0.1) is 0 Å². The standard InChI is InChI=1S/C24H26N2O3/c1-15-20-14-16(8-11-26-12-9-17(27)10-13-26)6-7-18(20)23(29-15)22-19-4-2-3-5-21(19)25-24(22)28/h2-7,14-15,17,27H,8-13H2,1H3,(H,25,28)/b23-22+. The van der Waals surface area contributed by atoms with Gasteiger partial charge in [0.15, 0.2) is 0 Å². The molecule has 3 aliphatic rings. The van der Waals surface area contributed by atoms with Gasteiger partial charge in [-0.2, -0.15) is 0 Å². The summed E-state index contributed by atoms with van der Waals surface area (Å²) in [7, 11) is 0. The van der Waals surface area contributed by atoms with Crippen molar-refractivity contribution in [2.75, 3.05) is 25.0 Å². The minimum absolute atomic E-state index is 0.0712. The van der Waals surface area contributed by atoms with Crippen LogP contribution < -0.4 is 5.32 Å². The van der Waals surface area contributed by atoms with Crippen LogP contribution in [-0.4, -0.2) is 41.7 Å². The van der Waals surface area contributed by atoms with Gasteiger partial charge in [0.25, 0.3) is 5.91 Å². The number of fused-ring (bicyclic) bond motifs is 2. The Morgan fingerprint density at radius 3 is 2.76 bits per heavy atom. The van der Waals surface area contributed by atoms with Crippen LogP contribution in [-0.2, 0) is 16.0 Å². The van der Waals surface area contributed by atoms with Crippen LogP contribution in [0.4, 0.5) is 5.69 Å². The zero-order valence-corrected chi connectivity index (χ0v) is 16.6. The summed E-state index contributed by atoms with van der Waals surface area (Å²) in [4.78, 5) is 15.1. The molecule has 1 saturated heterocycles. The molecule has 2 N–H and O–H groups in total. The van der Waals surface area contributed by atoms with E-state index in [0.29, 0.717) is 11.3 Å². The summed E-state index contributed by atoms with van der Waals surface area (Å²) in [5, 5.41) is 12.6. The average molecular weight is 390 g/mol. The van der Waals surface area contributed by atoms with E-state index < -0.39 is 0 Å². The van der Waals surface area contributed by atoms with Crippen LogP contribution in [0.25, 0.3) is 11.3 Å². The van der Waals surface area contributed by atoms with Crippen LogP contribution in [0.1, 0.15) is 48.1 Å². The Morgan fingerprint density at radius 2 is 1.93 bits per heavy atom. The SMILES string of the molecule is CC1O/C(=C2/C(=O)Nc3ccccc32)c2ccc(CCN3CCC(O)CC3)cc21. The Labute approximate surface area is 171 Å². The molecule has 1 unspecified atom stereocenters. The second-order valence-corrected chi connectivity index (χ2v) is 8.21. The van der Waals surface area contributed by atoms with Crippen LogP contribution in [0.2, 0.25) is 0 Å². The number of piperidine rings is 1. The van der Waals surface area contributed by atoms with Crippen molar-refractivity contribution in [1.29, 1.82) is 0 Å². The van der Waals surface area contributed by atoms with Gasteiger partial charge < -0.3 is 20.1 Å². The van der Waals surface area contributed by atoms with Gasteiger partial charge in [0.2, 0.25) is 0 Å². The molecule has 3 aliphatic heterocycles. The van der Waals surface area contributed by atoms with E-state index in [-0.39, 0.29) is 18.1 Å². The topological polar surface area (TPSA) is 61.8 Å². The Morgan fingerprint density at radius 1 is 1.14 bits per heavy atom. The number of aliphatic hydroxyl groups is 1. The minimum Gasteiger partial charge on any atom is -0.484 e. The minimum atomic E-state index is -0.131. The van der Waals surface area contributed by atoms with Crippen LogP contribution in [0.3, 0.4) is 0 Å². The maximum atomic E-state index is 12.6. The first-order valence-electron chi connectivity index (χ1n) is 10.5. The fourth-order valence-corrected chi connectivity index (χ4v) is 4.58. The number of carbonyl (C=O) groups is 1. The van der Waals surface area contributed by atoms with Gasteiger partial charge in [-0.15, -0.1) is 0 Å². The van der Waals surface area contributed by atoms with Crippen molar-refractivity contribution in [2.45, 2.75) is 38.4 Å². The summed E-state index contributed by atoms with van der Waals surface area (Å²) in [6.07, 6.45) is 2.52. The van der Waals surface area contributed by atoms with E-state index in [9.17, 15) is 9.90 Å². The third kappa shape index (κ3) is 3.34.